The van der Waals surface area contributed by atoms with Crippen molar-refractivity contribution in [2.24, 2.45) is 0 Å². The fourth-order valence-electron chi connectivity index (χ4n) is 3.00. The molecule has 1 aliphatic carbocycles. The molecule has 1 N–H and O–H groups in total. The Morgan fingerprint density at radius 3 is 2.86 bits per heavy atom. The van der Waals surface area contributed by atoms with E-state index in [1.54, 1.807) is 24.3 Å². The summed E-state index contributed by atoms with van der Waals surface area (Å²) >= 11 is 0. The maximum absolute atomic E-state index is 12.2. The number of amides is 1. The predicted octanol–water partition coefficient (Wildman–Crippen LogP) is 1.62. The largest absolute Gasteiger partial charge is 0.373 e. The third kappa shape index (κ3) is 3.23. The lowest BCUT2D eigenvalue weighted by Crippen LogP contribution is -2.49. The Hall–Kier alpha value is -1.90. The molecular weight excluding hydrogens is 268 g/mol. The van der Waals surface area contributed by atoms with Crippen LogP contribution in [0.2, 0.25) is 0 Å². The SMILES string of the molecule is N#Cc1cccc(C(=O)NC2CCC3OCCOC3C2)c1. The van der Waals surface area contributed by atoms with Crippen LogP contribution in [0, 0.1) is 11.3 Å². The fourth-order valence-corrected chi connectivity index (χ4v) is 3.00. The minimum Gasteiger partial charge on any atom is -0.373 e. The zero-order valence-corrected chi connectivity index (χ0v) is 11.7. The Labute approximate surface area is 123 Å². The standard InChI is InChI=1S/C16H18N2O3/c17-10-11-2-1-3-12(8-11)16(19)18-13-4-5-14-15(9-13)21-7-6-20-14/h1-3,8,13-15H,4-7,9H2,(H,18,19). The molecule has 2 fully saturated rings. The molecule has 1 heterocycles. The van der Waals surface area contributed by atoms with Gasteiger partial charge in [0.05, 0.1) is 37.1 Å². The summed E-state index contributed by atoms with van der Waals surface area (Å²) in [5, 5.41) is 11.9. The molecule has 1 amide bonds. The summed E-state index contributed by atoms with van der Waals surface area (Å²) in [5.74, 6) is -0.132. The van der Waals surface area contributed by atoms with Crippen LogP contribution in [0.5, 0.6) is 0 Å². The van der Waals surface area contributed by atoms with E-state index in [1.807, 2.05) is 6.07 Å². The van der Waals surface area contributed by atoms with E-state index in [-0.39, 0.29) is 24.2 Å². The lowest BCUT2D eigenvalue weighted by atomic mass is 9.89. The highest BCUT2D eigenvalue weighted by molar-refractivity contribution is 5.94. The van der Waals surface area contributed by atoms with Crippen molar-refractivity contribution in [2.75, 3.05) is 13.2 Å². The molecule has 3 unspecified atom stereocenters. The fraction of sp³-hybridized carbons (Fsp3) is 0.500. The molecule has 0 spiro atoms. The number of carbonyl (C=O) groups excluding carboxylic acids is 1. The first kappa shape index (κ1) is 14.1. The third-order valence-electron chi connectivity index (χ3n) is 4.07. The second-order valence-corrected chi connectivity index (χ2v) is 5.49. The lowest BCUT2D eigenvalue weighted by Gasteiger charge is -2.39. The summed E-state index contributed by atoms with van der Waals surface area (Å²) in [7, 11) is 0. The van der Waals surface area contributed by atoms with Gasteiger partial charge in [-0.1, -0.05) is 6.07 Å². The van der Waals surface area contributed by atoms with Gasteiger partial charge in [-0.3, -0.25) is 4.79 Å². The second-order valence-electron chi connectivity index (χ2n) is 5.49. The monoisotopic (exact) mass is 286 g/mol. The molecule has 5 nitrogen and oxygen atoms in total. The summed E-state index contributed by atoms with van der Waals surface area (Å²) in [5.41, 5.74) is 1.02. The van der Waals surface area contributed by atoms with Crippen LogP contribution >= 0.6 is 0 Å². The van der Waals surface area contributed by atoms with E-state index in [2.05, 4.69) is 5.32 Å². The van der Waals surface area contributed by atoms with Crippen LogP contribution in [0.4, 0.5) is 0 Å². The van der Waals surface area contributed by atoms with E-state index >= 15 is 0 Å². The van der Waals surface area contributed by atoms with Crippen molar-refractivity contribution in [3.63, 3.8) is 0 Å². The van der Waals surface area contributed by atoms with Gasteiger partial charge in [-0.2, -0.15) is 5.26 Å². The van der Waals surface area contributed by atoms with Gasteiger partial charge in [0, 0.05) is 11.6 Å². The minimum absolute atomic E-state index is 0.0863. The molecule has 1 aromatic rings. The molecule has 1 aromatic carbocycles. The number of ether oxygens (including phenoxy) is 2. The van der Waals surface area contributed by atoms with Gasteiger partial charge >= 0.3 is 0 Å². The molecule has 0 aromatic heterocycles. The number of nitriles is 1. The molecule has 3 atom stereocenters. The van der Waals surface area contributed by atoms with E-state index < -0.39 is 0 Å². The van der Waals surface area contributed by atoms with Crippen LogP contribution < -0.4 is 5.32 Å². The normalized spacial score (nSPS) is 28.2. The molecule has 21 heavy (non-hydrogen) atoms. The number of hydrogen-bond acceptors (Lipinski definition) is 4. The first-order valence-electron chi connectivity index (χ1n) is 7.30. The molecule has 0 bridgehead atoms. The third-order valence-corrected chi connectivity index (χ3v) is 4.07. The number of benzene rings is 1. The number of rotatable bonds is 2. The van der Waals surface area contributed by atoms with Crippen molar-refractivity contribution < 1.29 is 14.3 Å². The van der Waals surface area contributed by atoms with Gasteiger partial charge < -0.3 is 14.8 Å². The summed E-state index contributed by atoms with van der Waals surface area (Å²) < 4.78 is 11.4. The van der Waals surface area contributed by atoms with Gasteiger partial charge in [-0.25, -0.2) is 0 Å². The van der Waals surface area contributed by atoms with Crippen molar-refractivity contribution in [3.05, 3.63) is 35.4 Å². The first-order valence-corrected chi connectivity index (χ1v) is 7.30. The quantitative estimate of drug-likeness (QED) is 0.897. The molecule has 5 heteroatoms. The number of carbonyl (C=O) groups is 1. The highest BCUT2D eigenvalue weighted by atomic mass is 16.6. The molecular formula is C16H18N2O3. The molecule has 3 rings (SSSR count). The van der Waals surface area contributed by atoms with Crippen molar-refractivity contribution >= 4 is 5.91 Å². The number of nitrogens with zero attached hydrogens (tertiary/aromatic N) is 1. The topological polar surface area (TPSA) is 71.4 Å². The maximum Gasteiger partial charge on any atom is 0.251 e. The van der Waals surface area contributed by atoms with Crippen molar-refractivity contribution in [1.29, 1.82) is 5.26 Å². The smallest absolute Gasteiger partial charge is 0.251 e. The molecule has 1 saturated heterocycles. The average molecular weight is 286 g/mol. The van der Waals surface area contributed by atoms with E-state index in [1.165, 1.54) is 0 Å². The van der Waals surface area contributed by atoms with Gasteiger partial charge in [0.1, 0.15) is 0 Å². The molecule has 1 saturated carbocycles. The predicted molar refractivity (Wildman–Crippen MR) is 75.7 cm³/mol. The summed E-state index contributed by atoms with van der Waals surface area (Å²) in [6, 6.07) is 8.90. The van der Waals surface area contributed by atoms with Crippen LogP contribution in [-0.2, 0) is 9.47 Å². The van der Waals surface area contributed by atoms with Crippen LogP contribution in [0.15, 0.2) is 24.3 Å². The van der Waals surface area contributed by atoms with Crippen LogP contribution in [-0.4, -0.2) is 37.4 Å². The summed E-state index contributed by atoms with van der Waals surface area (Å²) in [6.07, 6.45) is 2.85. The Morgan fingerprint density at radius 2 is 2.05 bits per heavy atom. The molecule has 1 aliphatic heterocycles. The van der Waals surface area contributed by atoms with Crippen LogP contribution in [0.3, 0.4) is 0 Å². The van der Waals surface area contributed by atoms with Gasteiger partial charge in [0.15, 0.2) is 0 Å². The second kappa shape index (κ2) is 6.25. The lowest BCUT2D eigenvalue weighted by molar-refractivity contribution is -0.157. The van der Waals surface area contributed by atoms with E-state index in [9.17, 15) is 4.79 Å². The number of fused-ring (bicyclic) bond motifs is 1. The van der Waals surface area contributed by atoms with Gasteiger partial charge in [-0.05, 0) is 37.5 Å². The van der Waals surface area contributed by atoms with Crippen molar-refractivity contribution in [3.8, 4) is 6.07 Å². The Kier molecular flexibility index (Phi) is 4.18. The maximum atomic E-state index is 12.2. The summed E-state index contributed by atoms with van der Waals surface area (Å²) in [6.45, 7) is 1.30. The highest BCUT2D eigenvalue weighted by Gasteiger charge is 2.34. The van der Waals surface area contributed by atoms with Crippen molar-refractivity contribution in [1.82, 2.24) is 5.32 Å². The van der Waals surface area contributed by atoms with E-state index in [0.29, 0.717) is 24.3 Å². The Balaban J connectivity index is 1.61. The Bertz CT molecular complexity index is 567. The zero-order valence-electron chi connectivity index (χ0n) is 11.7. The van der Waals surface area contributed by atoms with E-state index in [0.717, 1.165) is 19.3 Å². The summed E-state index contributed by atoms with van der Waals surface area (Å²) in [4.78, 5) is 12.2. The zero-order chi connectivity index (χ0) is 14.7. The first-order chi connectivity index (χ1) is 10.3. The molecule has 0 radical (unpaired) electrons. The van der Waals surface area contributed by atoms with Gasteiger partial charge in [0.25, 0.3) is 5.91 Å². The minimum atomic E-state index is -0.132. The molecule has 2 aliphatic rings. The van der Waals surface area contributed by atoms with Gasteiger partial charge in [0.2, 0.25) is 0 Å². The molecule has 110 valence electrons. The van der Waals surface area contributed by atoms with Crippen molar-refractivity contribution in [2.45, 2.75) is 37.5 Å². The Morgan fingerprint density at radius 1 is 1.24 bits per heavy atom. The number of hydrogen-bond donors (Lipinski definition) is 1. The van der Waals surface area contributed by atoms with E-state index in [4.69, 9.17) is 14.7 Å². The van der Waals surface area contributed by atoms with Gasteiger partial charge in [-0.15, -0.1) is 0 Å². The van der Waals surface area contributed by atoms with Crippen LogP contribution in [0.1, 0.15) is 35.2 Å². The average Bonchev–Trinajstić information content (AvgIpc) is 2.54. The highest BCUT2D eigenvalue weighted by Crippen LogP contribution is 2.27. The number of nitrogens with one attached hydrogen (secondary N) is 1. The van der Waals surface area contributed by atoms with Crippen LogP contribution in [0.25, 0.3) is 0 Å².